The Kier molecular flexibility index (Phi) is 5.69. The van der Waals surface area contributed by atoms with Gasteiger partial charge in [0.15, 0.2) is 0 Å². The Hall–Kier alpha value is -1.42. The molecular formula is C14H20N2O3S. The molecule has 1 aromatic heterocycles. The van der Waals surface area contributed by atoms with Crippen molar-refractivity contribution in [2.75, 3.05) is 13.7 Å². The third kappa shape index (κ3) is 3.79. The molecule has 0 spiro atoms. The topological polar surface area (TPSA) is 70.5 Å². The highest BCUT2D eigenvalue weighted by atomic mass is 32.2. The van der Waals surface area contributed by atoms with Crippen molar-refractivity contribution in [3.8, 4) is 11.8 Å². The first-order valence-corrected chi connectivity index (χ1v) is 7.77. The predicted molar refractivity (Wildman–Crippen MR) is 77.4 cm³/mol. The first kappa shape index (κ1) is 16.6. The lowest BCUT2D eigenvalue weighted by atomic mass is 10.1. The van der Waals surface area contributed by atoms with Gasteiger partial charge < -0.3 is 5.11 Å². The standard InChI is InChI=1S/C14H20N2O3S/c1-11(2)12(3)16(4)20(18,19)14-8-13(6-5-7-17)9-15-10-14/h8-12,17H,7H2,1-4H3. The molecule has 0 aliphatic carbocycles. The van der Waals surface area contributed by atoms with E-state index in [4.69, 9.17) is 5.11 Å². The lowest BCUT2D eigenvalue weighted by Crippen LogP contribution is -2.38. The molecule has 1 rings (SSSR count). The number of aliphatic hydroxyl groups is 1. The van der Waals surface area contributed by atoms with Crippen molar-refractivity contribution in [2.45, 2.75) is 31.7 Å². The van der Waals surface area contributed by atoms with Gasteiger partial charge in [-0.25, -0.2) is 8.42 Å². The van der Waals surface area contributed by atoms with Gasteiger partial charge in [0.1, 0.15) is 11.5 Å². The number of pyridine rings is 1. The van der Waals surface area contributed by atoms with Crippen molar-refractivity contribution in [3.05, 3.63) is 24.0 Å². The molecule has 20 heavy (non-hydrogen) atoms. The highest BCUT2D eigenvalue weighted by Gasteiger charge is 2.27. The summed E-state index contributed by atoms with van der Waals surface area (Å²) in [4.78, 5) is 4.01. The maximum Gasteiger partial charge on any atom is 0.244 e. The fourth-order valence-electron chi connectivity index (χ4n) is 1.57. The van der Waals surface area contributed by atoms with E-state index in [-0.39, 0.29) is 23.5 Å². The average molecular weight is 296 g/mol. The second-order valence-corrected chi connectivity index (χ2v) is 6.87. The van der Waals surface area contributed by atoms with E-state index in [1.165, 1.54) is 22.8 Å². The molecule has 1 N–H and O–H groups in total. The van der Waals surface area contributed by atoms with Gasteiger partial charge >= 0.3 is 0 Å². The Bertz CT molecular complexity index is 615. The number of rotatable bonds is 4. The molecule has 0 aliphatic rings. The van der Waals surface area contributed by atoms with E-state index in [1.54, 1.807) is 7.05 Å². The van der Waals surface area contributed by atoms with Crippen LogP contribution in [0.2, 0.25) is 0 Å². The highest BCUT2D eigenvalue weighted by Crippen LogP contribution is 2.19. The Labute approximate surface area is 120 Å². The van der Waals surface area contributed by atoms with Gasteiger partial charge in [0.2, 0.25) is 10.0 Å². The molecule has 1 atom stereocenters. The fraction of sp³-hybridized carbons (Fsp3) is 0.500. The molecule has 1 heterocycles. The number of hydrogen-bond donors (Lipinski definition) is 1. The Morgan fingerprint density at radius 2 is 2.00 bits per heavy atom. The van der Waals surface area contributed by atoms with Crippen LogP contribution in [-0.4, -0.2) is 42.5 Å². The summed E-state index contributed by atoms with van der Waals surface area (Å²) in [7, 11) is -2.03. The smallest absolute Gasteiger partial charge is 0.244 e. The Morgan fingerprint density at radius 1 is 1.35 bits per heavy atom. The third-order valence-electron chi connectivity index (χ3n) is 3.24. The number of nitrogens with zero attached hydrogens (tertiary/aromatic N) is 2. The summed E-state index contributed by atoms with van der Waals surface area (Å²) in [5.74, 6) is 5.33. The van der Waals surface area contributed by atoms with Crippen LogP contribution in [0.3, 0.4) is 0 Å². The van der Waals surface area contributed by atoms with E-state index in [9.17, 15) is 8.42 Å². The SMILES string of the molecule is CC(C)C(C)N(C)S(=O)(=O)c1cncc(C#CCO)c1. The molecule has 0 aliphatic heterocycles. The minimum absolute atomic E-state index is 0.109. The van der Waals surface area contributed by atoms with Gasteiger partial charge in [-0.3, -0.25) is 4.98 Å². The van der Waals surface area contributed by atoms with Gasteiger partial charge in [-0.1, -0.05) is 25.7 Å². The lowest BCUT2D eigenvalue weighted by molar-refractivity contribution is 0.315. The molecule has 0 saturated heterocycles. The van der Waals surface area contributed by atoms with Crippen LogP contribution in [0, 0.1) is 17.8 Å². The molecule has 0 amide bonds. The minimum atomic E-state index is -3.59. The molecule has 1 unspecified atom stereocenters. The number of aromatic nitrogens is 1. The van der Waals surface area contributed by atoms with Crippen LogP contribution >= 0.6 is 0 Å². The summed E-state index contributed by atoms with van der Waals surface area (Å²) < 4.78 is 26.3. The van der Waals surface area contributed by atoms with E-state index in [1.807, 2.05) is 20.8 Å². The van der Waals surface area contributed by atoms with Crippen LogP contribution in [0.25, 0.3) is 0 Å². The zero-order chi connectivity index (χ0) is 15.3. The normalized spacial score (nSPS) is 13.2. The largest absolute Gasteiger partial charge is 0.384 e. The maximum absolute atomic E-state index is 12.5. The second-order valence-electron chi connectivity index (χ2n) is 4.88. The van der Waals surface area contributed by atoms with Crippen LogP contribution in [0.15, 0.2) is 23.4 Å². The van der Waals surface area contributed by atoms with Crippen molar-refractivity contribution in [2.24, 2.45) is 5.92 Å². The molecule has 0 bridgehead atoms. The molecule has 0 fully saturated rings. The van der Waals surface area contributed by atoms with Crippen molar-refractivity contribution >= 4 is 10.0 Å². The van der Waals surface area contributed by atoms with Crippen LogP contribution in [-0.2, 0) is 10.0 Å². The minimum Gasteiger partial charge on any atom is -0.384 e. The van der Waals surface area contributed by atoms with E-state index in [2.05, 4.69) is 16.8 Å². The van der Waals surface area contributed by atoms with Crippen LogP contribution < -0.4 is 0 Å². The van der Waals surface area contributed by atoms with Gasteiger partial charge in [0, 0.05) is 31.0 Å². The summed E-state index contributed by atoms with van der Waals surface area (Å²) in [6.45, 7) is 5.53. The van der Waals surface area contributed by atoms with Crippen LogP contribution in [0.1, 0.15) is 26.3 Å². The molecule has 0 saturated carbocycles. The summed E-state index contributed by atoms with van der Waals surface area (Å²) in [5, 5.41) is 8.66. The quantitative estimate of drug-likeness (QED) is 0.844. The van der Waals surface area contributed by atoms with E-state index >= 15 is 0 Å². The second kappa shape index (κ2) is 6.84. The Morgan fingerprint density at radius 3 is 2.55 bits per heavy atom. The number of sulfonamides is 1. The molecular weight excluding hydrogens is 276 g/mol. The molecule has 5 nitrogen and oxygen atoms in total. The van der Waals surface area contributed by atoms with Gasteiger partial charge in [-0.2, -0.15) is 4.31 Å². The molecule has 6 heteroatoms. The number of aliphatic hydroxyl groups excluding tert-OH is 1. The van der Waals surface area contributed by atoms with Gasteiger partial charge in [0.05, 0.1) is 0 Å². The van der Waals surface area contributed by atoms with Crippen LogP contribution in [0.4, 0.5) is 0 Å². The molecule has 1 aromatic rings. The lowest BCUT2D eigenvalue weighted by Gasteiger charge is -2.27. The monoisotopic (exact) mass is 296 g/mol. The summed E-state index contributed by atoms with van der Waals surface area (Å²) >= 11 is 0. The Balaban J connectivity index is 3.16. The summed E-state index contributed by atoms with van der Waals surface area (Å²) in [6, 6.07) is 1.35. The van der Waals surface area contributed by atoms with Crippen molar-refractivity contribution in [1.82, 2.24) is 9.29 Å². The summed E-state index contributed by atoms with van der Waals surface area (Å²) in [5.41, 5.74) is 0.464. The predicted octanol–water partition coefficient (Wildman–Crippen LogP) is 1.09. The third-order valence-corrected chi connectivity index (χ3v) is 5.15. The fourth-order valence-corrected chi connectivity index (χ4v) is 3.06. The molecule has 110 valence electrons. The van der Waals surface area contributed by atoms with Crippen molar-refractivity contribution < 1.29 is 13.5 Å². The average Bonchev–Trinajstić information content (AvgIpc) is 2.43. The van der Waals surface area contributed by atoms with E-state index in [0.29, 0.717) is 5.56 Å². The summed E-state index contributed by atoms with van der Waals surface area (Å²) in [6.07, 6.45) is 2.77. The van der Waals surface area contributed by atoms with Crippen molar-refractivity contribution in [3.63, 3.8) is 0 Å². The van der Waals surface area contributed by atoms with Gasteiger partial charge in [0.25, 0.3) is 0 Å². The van der Waals surface area contributed by atoms with Crippen LogP contribution in [0.5, 0.6) is 0 Å². The van der Waals surface area contributed by atoms with E-state index in [0.717, 1.165) is 0 Å². The molecule has 0 aromatic carbocycles. The maximum atomic E-state index is 12.5. The van der Waals surface area contributed by atoms with Crippen molar-refractivity contribution in [1.29, 1.82) is 0 Å². The zero-order valence-electron chi connectivity index (χ0n) is 12.2. The van der Waals surface area contributed by atoms with Gasteiger partial charge in [-0.05, 0) is 18.9 Å². The van der Waals surface area contributed by atoms with Gasteiger partial charge in [-0.15, -0.1) is 0 Å². The highest BCUT2D eigenvalue weighted by molar-refractivity contribution is 7.89. The van der Waals surface area contributed by atoms with E-state index < -0.39 is 10.0 Å². The number of hydrogen-bond acceptors (Lipinski definition) is 4. The first-order chi connectivity index (χ1) is 9.30. The molecule has 0 radical (unpaired) electrons. The first-order valence-electron chi connectivity index (χ1n) is 6.33. The zero-order valence-corrected chi connectivity index (χ0v) is 13.0.